The van der Waals surface area contributed by atoms with E-state index in [2.05, 4.69) is 23.3 Å². The van der Waals surface area contributed by atoms with Crippen LogP contribution in [0.5, 0.6) is 0 Å². The van der Waals surface area contributed by atoms with Crippen molar-refractivity contribution in [3.05, 3.63) is 35.0 Å². The minimum Gasteiger partial charge on any atom is -0.393 e. The van der Waals surface area contributed by atoms with Crippen molar-refractivity contribution in [1.82, 2.24) is 5.32 Å². The molecule has 4 nitrogen and oxygen atoms in total. The number of allylic oxidation sites excluding steroid dienone is 1. The van der Waals surface area contributed by atoms with E-state index in [0.717, 1.165) is 29.7 Å². The van der Waals surface area contributed by atoms with Crippen LogP contribution >= 0.6 is 0 Å². The molecule has 1 aliphatic rings. The Bertz CT molecular complexity index is 494. The summed E-state index contributed by atoms with van der Waals surface area (Å²) in [5.41, 5.74) is 5.08. The van der Waals surface area contributed by atoms with Crippen LogP contribution in [0.1, 0.15) is 16.7 Å². The minimum atomic E-state index is 0.0151. The summed E-state index contributed by atoms with van der Waals surface area (Å²) in [6, 6.07) is 4.06. The summed E-state index contributed by atoms with van der Waals surface area (Å²) in [7, 11) is 3.87. The number of nitrogens with one attached hydrogen (secondary N) is 2. The van der Waals surface area contributed by atoms with E-state index in [9.17, 15) is 5.11 Å². The first-order chi connectivity index (χ1) is 8.72. The summed E-state index contributed by atoms with van der Waals surface area (Å²) in [5, 5.41) is 20.1. The Morgan fingerprint density at radius 2 is 2.33 bits per heavy atom. The van der Waals surface area contributed by atoms with Crippen LogP contribution in [0.15, 0.2) is 18.3 Å². The maximum atomic E-state index is 9.64. The number of aliphatic hydroxyl groups is 1. The molecule has 1 aromatic rings. The second-order valence-corrected chi connectivity index (χ2v) is 4.45. The fourth-order valence-electron chi connectivity index (χ4n) is 2.52. The summed E-state index contributed by atoms with van der Waals surface area (Å²) in [4.78, 5) is 2.20. The highest BCUT2D eigenvalue weighted by Crippen LogP contribution is 2.33. The molecule has 0 amide bonds. The highest BCUT2D eigenvalue weighted by molar-refractivity contribution is 6.09. The third kappa shape index (κ3) is 1.99. The van der Waals surface area contributed by atoms with Gasteiger partial charge in [0.2, 0.25) is 0 Å². The Morgan fingerprint density at radius 1 is 1.56 bits per heavy atom. The molecule has 18 heavy (non-hydrogen) atoms. The lowest BCUT2D eigenvalue weighted by atomic mass is 9.95. The highest BCUT2D eigenvalue weighted by Gasteiger charge is 2.21. The Labute approximate surface area is 107 Å². The van der Waals surface area contributed by atoms with Crippen molar-refractivity contribution in [2.24, 2.45) is 0 Å². The van der Waals surface area contributed by atoms with Gasteiger partial charge in [-0.2, -0.15) is 0 Å². The number of nitrogens with zero attached hydrogens (tertiary/aromatic N) is 1. The molecule has 0 saturated carbocycles. The third-order valence-electron chi connectivity index (χ3n) is 3.44. The van der Waals surface area contributed by atoms with E-state index in [1.807, 2.05) is 13.1 Å². The van der Waals surface area contributed by atoms with Crippen molar-refractivity contribution in [3.8, 4) is 0 Å². The standard InChI is InChI=1S/C14H19N3O/c1-16-8-10(7-15)11-3-4-14-12(13(11)9-18)5-6-17(14)2/h3-4,7-8,15-16,18H,5-6,9H2,1-2H3/b10-8+,15-7?. The van der Waals surface area contributed by atoms with Gasteiger partial charge in [0.05, 0.1) is 6.61 Å². The van der Waals surface area contributed by atoms with Crippen molar-refractivity contribution in [2.45, 2.75) is 13.0 Å². The lowest BCUT2D eigenvalue weighted by Crippen LogP contribution is -2.12. The summed E-state index contributed by atoms with van der Waals surface area (Å²) in [5.74, 6) is 0. The molecule has 96 valence electrons. The van der Waals surface area contributed by atoms with Gasteiger partial charge < -0.3 is 20.7 Å². The van der Waals surface area contributed by atoms with Crippen LogP contribution in [0.2, 0.25) is 0 Å². The Kier molecular flexibility index (Phi) is 3.67. The number of hydrogen-bond donors (Lipinski definition) is 3. The summed E-state index contributed by atoms with van der Waals surface area (Å²) in [6.45, 7) is 1.00. The first-order valence-electron chi connectivity index (χ1n) is 6.08. The summed E-state index contributed by atoms with van der Waals surface area (Å²) >= 11 is 0. The van der Waals surface area contributed by atoms with E-state index in [1.54, 1.807) is 6.20 Å². The lowest BCUT2D eigenvalue weighted by molar-refractivity contribution is 0.280. The number of rotatable bonds is 4. The molecule has 1 aliphatic heterocycles. The number of fused-ring (bicyclic) bond motifs is 1. The van der Waals surface area contributed by atoms with E-state index < -0.39 is 0 Å². The zero-order valence-electron chi connectivity index (χ0n) is 10.8. The number of likely N-dealkylation sites (N-methyl/N-ethyl adjacent to an activating group) is 1. The Hall–Kier alpha value is -1.81. The minimum absolute atomic E-state index is 0.0151. The molecule has 4 heteroatoms. The van der Waals surface area contributed by atoms with Gasteiger partial charge in [-0.15, -0.1) is 0 Å². The van der Waals surface area contributed by atoms with Crippen LogP contribution in [0.3, 0.4) is 0 Å². The molecule has 0 fully saturated rings. The fourth-order valence-corrected chi connectivity index (χ4v) is 2.52. The van der Waals surface area contributed by atoms with Crippen LogP contribution in [0.4, 0.5) is 5.69 Å². The van der Waals surface area contributed by atoms with Crippen molar-refractivity contribution < 1.29 is 5.11 Å². The van der Waals surface area contributed by atoms with Gasteiger partial charge in [-0.05, 0) is 29.2 Å². The van der Waals surface area contributed by atoms with Crippen LogP contribution in [0.25, 0.3) is 5.57 Å². The van der Waals surface area contributed by atoms with Crippen molar-refractivity contribution in [1.29, 1.82) is 5.41 Å². The zero-order valence-corrected chi connectivity index (χ0v) is 10.8. The van der Waals surface area contributed by atoms with Crippen molar-refractivity contribution in [2.75, 3.05) is 25.5 Å². The topological polar surface area (TPSA) is 59.4 Å². The van der Waals surface area contributed by atoms with Gasteiger partial charge in [0.15, 0.2) is 0 Å². The summed E-state index contributed by atoms with van der Waals surface area (Å²) in [6.07, 6.45) is 4.06. The predicted molar refractivity (Wildman–Crippen MR) is 75.2 cm³/mol. The van der Waals surface area contributed by atoms with Crippen LogP contribution < -0.4 is 10.2 Å². The van der Waals surface area contributed by atoms with Crippen LogP contribution in [-0.2, 0) is 13.0 Å². The number of aliphatic hydroxyl groups excluding tert-OH is 1. The van der Waals surface area contributed by atoms with Crippen LogP contribution in [0, 0.1) is 5.41 Å². The largest absolute Gasteiger partial charge is 0.393 e. The Morgan fingerprint density at radius 3 is 2.94 bits per heavy atom. The molecular weight excluding hydrogens is 226 g/mol. The van der Waals surface area contributed by atoms with Gasteiger partial charge >= 0.3 is 0 Å². The molecule has 0 unspecified atom stereocenters. The molecule has 0 bridgehead atoms. The average molecular weight is 245 g/mol. The molecule has 0 radical (unpaired) electrons. The molecule has 1 aromatic carbocycles. The molecular formula is C14H19N3O. The fraction of sp³-hybridized carbons (Fsp3) is 0.357. The van der Waals surface area contributed by atoms with Gasteiger partial charge in [-0.1, -0.05) is 6.07 Å². The molecule has 1 heterocycles. The smallest absolute Gasteiger partial charge is 0.0691 e. The second-order valence-electron chi connectivity index (χ2n) is 4.45. The monoisotopic (exact) mass is 245 g/mol. The molecule has 0 aromatic heterocycles. The Balaban J connectivity index is 2.57. The maximum absolute atomic E-state index is 9.64. The van der Waals surface area contributed by atoms with E-state index in [0.29, 0.717) is 0 Å². The van der Waals surface area contributed by atoms with Gasteiger partial charge in [-0.3, -0.25) is 0 Å². The van der Waals surface area contributed by atoms with E-state index in [1.165, 1.54) is 17.5 Å². The SMILES string of the molecule is CN/C=C(\C=N)c1ccc2c(c1CO)CCN2C. The van der Waals surface area contributed by atoms with Gasteiger partial charge in [0, 0.05) is 44.3 Å². The average Bonchev–Trinajstić information content (AvgIpc) is 2.77. The van der Waals surface area contributed by atoms with E-state index >= 15 is 0 Å². The molecule has 3 N–H and O–H groups in total. The van der Waals surface area contributed by atoms with Gasteiger partial charge in [0.1, 0.15) is 0 Å². The van der Waals surface area contributed by atoms with Crippen molar-refractivity contribution >= 4 is 17.5 Å². The number of anilines is 1. The van der Waals surface area contributed by atoms with Gasteiger partial charge in [-0.25, -0.2) is 0 Å². The predicted octanol–water partition coefficient (Wildman–Crippen LogP) is 1.38. The zero-order chi connectivity index (χ0) is 13.1. The lowest BCUT2D eigenvalue weighted by Gasteiger charge is -2.16. The normalized spacial score (nSPS) is 14.6. The van der Waals surface area contributed by atoms with Crippen LogP contribution in [-0.4, -0.2) is 32.0 Å². The first kappa shape index (κ1) is 12.6. The third-order valence-corrected chi connectivity index (χ3v) is 3.44. The molecule has 0 aliphatic carbocycles. The number of hydrogen-bond acceptors (Lipinski definition) is 4. The number of benzene rings is 1. The second kappa shape index (κ2) is 5.23. The molecule has 0 saturated heterocycles. The first-order valence-corrected chi connectivity index (χ1v) is 6.08. The molecule has 0 atom stereocenters. The maximum Gasteiger partial charge on any atom is 0.0691 e. The quantitative estimate of drug-likeness (QED) is 0.702. The molecule has 0 spiro atoms. The van der Waals surface area contributed by atoms with Crippen molar-refractivity contribution in [3.63, 3.8) is 0 Å². The van der Waals surface area contributed by atoms with Gasteiger partial charge in [0.25, 0.3) is 0 Å². The molecule has 2 rings (SSSR count). The highest BCUT2D eigenvalue weighted by atomic mass is 16.3. The van der Waals surface area contributed by atoms with E-state index in [-0.39, 0.29) is 6.61 Å². The van der Waals surface area contributed by atoms with E-state index in [4.69, 9.17) is 5.41 Å². The summed E-state index contributed by atoms with van der Waals surface area (Å²) < 4.78 is 0.